The fourth-order valence-corrected chi connectivity index (χ4v) is 5.18. The Kier molecular flexibility index (Phi) is 10.5. The first-order valence-electron chi connectivity index (χ1n) is 12.9. The monoisotopic (exact) mass is 694 g/mol. The van der Waals surface area contributed by atoms with Crippen molar-refractivity contribution in [2.45, 2.75) is 70.2 Å². The summed E-state index contributed by atoms with van der Waals surface area (Å²) < 4.78 is 41.3. The van der Waals surface area contributed by atoms with Crippen molar-refractivity contribution in [2.24, 2.45) is 0 Å². The molecule has 2 aromatic heterocycles. The van der Waals surface area contributed by atoms with E-state index >= 15 is 0 Å². The van der Waals surface area contributed by atoms with Crippen molar-refractivity contribution >= 4 is 50.5 Å². The van der Waals surface area contributed by atoms with Crippen molar-refractivity contribution in [3.63, 3.8) is 0 Å². The summed E-state index contributed by atoms with van der Waals surface area (Å²) in [6, 6.07) is 16.3. The van der Waals surface area contributed by atoms with E-state index in [0.717, 1.165) is 14.0 Å². The van der Waals surface area contributed by atoms with Gasteiger partial charge in [0.2, 0.25) is 0 Å². The van der Waals surface area contributed by atoms with Crippen LogP contribution in [0, 0.1) is 3.57 Å². The first-order chi connectivity index (χ1) is 19.0. The second kappa shape index (κ2) is 13.3. The highest BCUT2D eigenvalue weighted by Crippen LogP contribution is 2.24. The molecule has 2 heterocycles. The highest BCUT2D eigenvalue weighted by atomic mass is 127. The fourth-order valence-electron chi connectivity index (χ4n) is 3.66. The van der Waals surface area contributed by atoms with Gasteiger partial charge in [0.05, 0.1) is 11.7 Å². The number of sulfonamides is 1. The molecule has 1 amide bonds. The van der Waals surface area contributed by atoms with Gasteiger partial charge in [0.1, 0.15) is 23.6 Å². The molecule has 1 atom stereocenters. The Morgan fingerprint density at radius 3 is 2.17 bits per heavy atom. The molecule has 0 aliphatic carbocycles. The molecule has 0 aliphatic rings. The molecule has 3 aromatic rings. The molecule has 220 valence electrons. The van der Waals surface area contributed by atoms with Crippen LogP contribution in [-0.2, 0) is 30.7 Å². The van der Waals surface area contributed by atoms with Gasteiger partial charge in [0.25, 0.3) is 10.0 Å². The standard InChI is InChI=1S/C29H35IN4O6S/c1-28(2,3)39-26(35)19-34(27(36)40-29(4,5)6)24-11-9-10-22(32-24)23(18-20-13-15-21(30)16-14-20)33-41(37,38)25-12-7-8-17-31-25/h7-17,23,33H,18-19H2,1-6H3. The minimum Gasteiger partial charge on any atom is -0.459 e. The molecule has 0 saturated carbocycles. The van der Waals surface area contributed by atoms with Crippen LogP contribution < -0.4 is 9.62 Å². The van der Waals surface area contributed by atoms with E-state index < -0.39 is 45.9 Å². The van der Waals surface area contributed by atoms with Gasteiger partial charge in [-0.25, -0.2) is 27.9 Å². The van der Waals surface area contributed by atoms with Gasteiger partial charge in [0, 0.05) is 9.77 Å². The van der Waals surface area contributed by atoms with Gasteiger partial charge in [0.15, 0.2) is 5.03 Å². The summed E-state index contributed by atoms with van der Waals surface area (Å²) >= 11 is 2.20. The van der Waals surface area contributed by atoms with Crippen molar-refractivity contribution in [3.8, 4) is 0 Å². The van der Waals surface area contributed by atoms with Gasteiger partial charge in [-0.3, -0.25) is 9.69 Å². The third kappa shape index (κ3) is 10.3. The molecule has 10 nitrogen and oxygen atoms in total. The maximum atomic E-state index is 13.3. The number of ether oxygens (including phenoxy) is 2. The van der Waals surface area contributed by atoms with Gasteiger partial charge in [-0.2, -0.15) is 0 Å². The summed E-state index contributed by atoms with van der Waals surface area (Å²) in [7, 11) is -4.03. The molecule has 0 spiro atoms. The Morgan fingerprint density at radius 1 is 0.927 bits per heavy atom. The van der Waals surface area contributed by atoms with Crippen LogP contribution in [0.1, 0.15) is 58.8 Å². The summed E-state index contributed by atoms with van der Waals surface area (Å²) in [6.07, 6.45) is 0.866. The van der Waals surface area contributed by atoms with Crippen LogP contribution in [0.5, 0.6) is 0 Å². The Morgan fingerprint density at radius 2 is 1.59 bits per heavy atom. The quantitative estimate of drug-likeness (QED) is 0.232. The third-order valence-electron chi connectivity index (χ3n) is 5.27. The fraction of sp³-hybridized carbons (Fsp3) is 0.379. The average Bonchev–Trinajstić information content (AvgIpc) is 2.86. The molecule has 1 N–H and O–H groups in total. The first-order valence-corrected chi connectivity index (χ1v) is 15.5. The molecule has 0 aliphatic heterocycles. The van der Waals surface area contributed by atoms with Crippen molar-refractivity contribution in [1.29, 1.82) is 0 Å². The van der Waals surface area contributed by atoms with Crippen LogP contribution >= 0.6 is 22.6 Å². The van der Waals surface area contributed by atoms with Crippen LogP contribution in [0.2, 0.25) is 0 Å². The number of pyridine rings is 2. The van der Waals surface area contributed by atoms with Crippen molar-refractivity contribution in [3.05, 3.63) is 81.7 Å². The van der Waals surface area contributed by atoms with E-state index in [0.29, 0.717) is 5.69 Å². The van der Waals surface area contributed by atoms with E-state index in [1.54, 1.807) is 71.9 Å². The van der Waals surface area contributed by atoms with Gasteiger partial charge in [-0.05, 0) is 113 Å². The molecule has 0 saturated heterocycles. The number of amides is 1. The first kappa shape index (κ1) is 32.4. The number of esters is 1. The molecular formula is C29H35IN4O6S. The minimum absolute atomic E-state index is 0.104. The van der Waals surface area contributed by atoms with Crippen LogP contribution in [-0.4, -0.2) is 48.2 Å². The number of anilines is 1. The number of benzene rings is 1. The summed E-state index contributed by atoms with van der Waals surface area (Å²) in [6.45, 7) is 9.86. The zero-order valence-electron chi connectivity index (χ0n) is 23.9. The molecule has 1 unspecified atom stereocenters. The van der Waals surface area contributed by atoms with Gasteiger partial charge >= 0.3 is 12.1 Å². The van der Waals surface area contributed by atoms with Crippen LogP contribution in [0.15, 0.2) is 71.9 Å². The summed E-state index contributed by atoms with van der Waals surface area (Å²) in [5, 5.41) is -0.135. The smallest absolute Gasteiger partial charge is 0.416 e. The second-order valence-electron chi connectivity index (χ2n) is 11.2. The molecule has 41 heavy (non-hydrogen) atoms. The Bertz CT molecular complexity index is 1450. The SMILES string of the molecule is CC(C)(C)OC(=O)CN(C(=O)OC(C)(C)C)c1cccc(C(Cc2ccc(I)cc2)NS(=O)(=O)c2ccccn2)n1. The third-order valence-corrected chi connectivity index (χ3v) is 7.38. The maximum absolute atomic E-state index is 13.3. The lowest BCUT2D eigenvalue weighted by molar-refractivity contribution is -0.153. The van der Waals surface area contributed by atoms with Crippen molar-refractivity contribution < 1.29 is 27.5 Å². The lowest BCUT2D eigenvalue weighted by atomic mass is 10.0. The Balaban J connectivity index is 2.03. The summed E-state index contributed by atoms with van der Waals surface area (Å²) in [5.74, 6) is -0.547. The number of halogens is 1. The van der Waals surface area contributed by atoms with Crippen LogP contribution in [0.3, 0.4) is 0 Å². The van der Waals surface area contributed by atoms with Gasteiger partial charge in [-0.1, -0.05) is 24.3 Å². The number of aromatic nitrogens is 2. The zero-order chi connectivity index (χ0) is 30.4. The van der Waals surface area contributed by atoms with E-state index in [1.165, 1.54) is 12.3 Å². The zero-order valence-corrected chi connectivity index (χ0v) is 26.9. The molecule has 12 heteroatoms. The number of hydrogen-bond acceptors (Lipinski definition) is 8. The Hall–Kier alpha value is -3.10. The lowest BCUT2D eigenvalue weighted by Crippen LogP contribution is -2.42. The topological polar surface area (TPSA) is 128 Å². The van der Waals surface area contributed by atoms with Gasteiger partial charge in [-0.15, -0.1) is 0 Å². The average molecular weight is 695 g/mol. The number of rotatable bonds is 9. The number of carbonyl (C=O) groups excluding carboxylic acids is 2. The van der Waals surface area contributed by atoms with Crippen LogP contribution in [0.4, 0.5) is 10.6 Å². The Labute approximate surface area is 255 Å². The summed E-state index contributed by atoms with van der Waals surface area (Å²) in [4.78, 5) is 35.7. The highest BCUT2D eigenvalue weighted by Gasteiger charge is 2.30. The molecule has 0 bridgehead atoms. The molecule has 1 aromatic carbocycles. The maximum Gasteiger partial charge on any atom is 0.416 e. The van der Waals surface area contributed by atoms with E-state index in [9.17, 15) is 18.0 Å². The van der Waals surface area contributed by atoms with Crippen molar-refractivity contribution in [2.75, 3.05) is 11.4 Å². The number of nitrogens with one attached hydrogen (secondary N) is 1. The largest absolute Gasteiger partial charge is 0.459 e. The second-order valence-corrected chi connectivity index (χ2v) is 14.2. The predicted molar refractivity (Wildman–Crippen MR) is 164 cm³/mol. The number of carbonyl (C=O) groups is 2. The lowest BCUT2D eigenvalue weighted by Gasteiger charge is -2.28. The van der Waals surface area contributed by atoms with Crippen LogP contribution in [0.25, 0.3) is 0 Å². The highest BCUT2D eigenvalue weighted by molar-refractivity contribution is 14.1. The van der Waals surface area contributed by atoms with E-state index in [-0.39, 0.29) is 17.3 Å². The van der Waals surface area contributed by atoms with Crippen molar-refractivity contribution in [1.82, 2.24) is 14.7 Å². The minimum atomic E-state index is -4.03. The van der Waals surface area contributed by atoms with E-state index in [1.807, 2.05) is 24.3 Å². The normalized spacial score (nSPS) is 12.9. The number of hydrogen-bond donors (Lipinski definition) is 1. The predicted octanol–water partition coefficient (Wildman–Crippen LogP) is 5.43. The van der Waals surface area contributed by atoms with Gasteiger partial charge < -0.3 is 9.47 Å². The number of nitrogens with zero attached hydrogens (tertiary/aromatic N) is 3. The van der Waals surface area contributed by atoms with E-state index in [2.05, 4.69) is 37.3 Å². The van der Waals surface area contributed by atoms with E-state index in [4.69, 9.17) is 9.47 Å². The molecular weight excluding hydrogens is 659 g/mol. The summed E-state index contributed by atoms with van der Waals surface area (Å²) in [5.41, 5.74) is -0.414. The molecule has 0 radical (unpaired) electrons. The molecule has 0 fully saturated rings. The molecule has 3 rings (SSSR count).